The van der Waals surface area contributed by atoms with Gasteiger partial charge in [0.15, 0.2) is 5.58 Å². The third kappa shape index (κ3) is 3.11. The number of anilines is 3. The average molecular weight is 393 g/mol. The van der Waals surface area contributed by atoms with Crippen LogP contribution in [0.15, 0.2) is 41.1 Å². The molecule has 1 aromatic carbocycles. The van der Waals surface area contributed by atoms with E-state index in [-0.39, 0.29) is 11.9 Å². The third-order valence-electron chi connectivity index (χ3n) is 5.12. The maximum atomic E-state index is 7.49. The fraction of sp³-hybridized carbons (Fsp3) is 0.286. The molecule has 0 aliphatic carbocycles. The van der Waals surface area contributed by atoms with Gasteiger partial charge >= 0.3 is 0 Å². The zero-order valence-corrected chi connectivity index (χ0v) is 15.8. The van der Waals surface area contributed by atoms with E-state index >= 15 is 0 Å². The zero-order chi connectivity index (χ0) is 22.5. The van der Waals surface area contributed by atoms with Crippen LogP contribution in [-0.4, -0.2) is 47.7 Å². The van der Waals surface area contributed by atoms with Crippen molar-refractivity contribution in [2.75, 3.05) is 42.6 Å². The monoisotopic (exact) mass is 393 g/mol. The molecule has 0 spiro atoms. The molecule has 1 saturated heterocycles. The molecule has 0 bridgehead atoms. The summed E-state index contributed by atoms with van der Waals surface area (Å²) in [7, 11) is 0. The van der Waals surface area contributed by atoms with Crippen molar-refractivity contribution in [3.63, 3.8) is 0 Å². The number of nitrogens with zero attached hydrogens (tertiary/aromatic N) is 4. The highest BCUT2D eigenvalue weighted by Crippen LogP contribution is 2.34. The molecular formula is C21H22N6O2. The molecule has 5 rings (SSSR count). The molecule has 4 aromatic rings. The number of fused-ring (bicyclic) bond motifs is 2. The van der Waals surface area contributed by atoms with Gasteiger partial charge in [-0.3, -0.25) is 0 Å². The second-order valence-electron chi connectivity index (χ2n) is 7.10. The van der Waals surface area contributed by atoms with Gasteiger partial charge in [0.05, 0.1) is 18.3 Å². The highest BCUT2D eigenvalue weighted by atomic mass is 16.5. The number of hydrogen-bond acceptors (Lipinski definition) is 8. The lowest BCUT2D eigenvalue weighted by molar-refractivity contribution is 0.0532. The first-order valence-electron chi connectivity index (χ1n) is 10.9. The molecule has 1 aliphatic rings. The Labute approximate surface area is 171 Å². The second-order valence-corrected chi connectivity index (χ2v) is 7.10. The molecule has 1 fully saturated rings. The van der Waals surface area contributed by atoms with Gasteiger partial charge in [0.25, 0.3) is 0 Å². The minimum atomic E-state index is -2.40. The number of ether oxygens (including phenoxy) is 1. The zero-order valence-electron chi connectivity index (χ0n) is 18.8. The molecule has 0 unspecified atom stereocenters. The number of nitrogen functional groups attached to an aromatic ring is 1. The Morgan fingerprint density at radius 3 is 3.03 bits per heavy atom. The van der Waals surface area contributed by atoms with Crippen LogP contribution >= 0.6 is 0 Å². The van der Waals surface area contributed by atoms with Crippen molar-refractivity contribution >= 4 is 39.2 Å². The van der Waals surface area contributed by atoms with Crippen molar-refractivity contribution in [2.45, 2.75) is 13.0 Å². The van der Waals surface area contributed by atoms with Crippen molar-refractivity contribution in [3.8, 4) is 11.5 Å². The molecule has 148 valence electrons. The smallest absolute Gasteiger partial charge is 0.229 e. The van der Waals surface area contributed by atoms with Crippen molar-refractivity contribution in [1.82, 2.24) is 15.0 Å². The SMILES string of the molecule is [2H]C([2H])([2H])Nc1ncc(-c2nc3cc(N4CCO[C@@H](C)C4)ccc3o2)c2cc(N)ncc12. The van der Waals surface area contributed by atoms with Crippen LogP contribution in [0.3, 0.4) is 0 Å². The van der Waals surface area contributed by atoms with Crippen molar-refractivity contribution < 1.29 is 13.3 Å². The molecule has 0 amide bonds. The molecule has 0 radical (unpaired) electrons. The summed E-state index contributed by atoms with van der Waals surface area (Å²) in [5.74, 6) is 0.858. The lowest BCUT2D eigenvalue weighted by atomic mass is 10.1. The van der Waals surface area contributed by atoms with E-state index in [4.69, 9.17) is 19.0 Å². The Bertz CT molecular complexity index is 1310. The van der Waals surface area contributed by atoms with E-state index in [1.807, 2.05) is 18.2 Å². The summed E-state index contributed by atoms with van der Waals surface area (Å²) in [4.78, 5) is 15.3. The Kier molecular flexibility index (Phi) is 3.47. The lowest BCUT2D eigenvalue weighted by Crippen LogP contribution is -2.41. The van der Waals surface area contributed by atoms with E-state index in [0.717, 1.165) is 24.3 Å². The summed E-state index contributed by atoms with van der Waals surface area (Å²) in [6.07, 6.45) is 3.20. The first-order valence-corrected chi connectivity index (χ1v) is 9.37. The van der Waals surface area contributed by atoms with Crippen LogP contribution in [0.4, 0.5) is 17.3 Å². The molecule has 3 N–H and O–H groups in total. The van der Waals surface area contributed by atoms with Crippen LogP contribution in [0.2, 0.25) is 0 Å². The topological polar surface area (TPSA) is 102 Å². The number of benzene rings is 1. The van der Waals surface area contributed by atoms with Gasteiger partial charge in [0, 0.05) is 53.0 Å². The minimum absolute atomic E-state index is 0.172. The Balaban J connectivity index is 1.58. The van der Waals surface area contributed by atoms with Gasteiger partial charge in [-0.2, -0.15) is 0 Å². The normalized spacial score (nSPS) is 19.1. The quantitative estimate of drug-likeness (QED) is 0.547. The molecule has 1 atom stereocenters. The maximum Gasteiger partial charge on any atom is 0.229 e. The number of aromatic nitrogens is 3. The number of nitrogens with two attached hydrogens (primary N) is 1. The van der Waals surface area contributed by atoms with Crippen LogP contribution in [0.1, 0.15) is 11.0 Å². The van der Waals surface area contributed by atoms with Crippen LogP contribution in [0.5, 0.6) is 0 Å². The number of hydrogen-bond donors (Lipinski definition) is 2. The van der Waals surface area contributed by atoms with Crippen molar-refractivity contribution in [3.05, 3.63) is 36.7 Å². The first kappa shape index (κ1) is 14.6. The third-order valence-corrected chi connectivity index (χ3v) is 5.12. The molecule has 8 nitrogen and oxygen atoms in total. The fourth-order valence-electron chi connectivity index (χ4n) is 3.70. The average Bonchev–Trinajstić information content (AvgIpc) is 3.15. The van der Waals surface area contributed by atoms with Crippen LogP contribution in [0.25, 0.3) is 33.3 Å². The van der Waals surface area contributed by atoms with E-state index in [2.05, 4.69) is 32.1 Å². The Morgan fingerprint density at radius 2 is 2.17 bits per heavy atom. The molecule has 3 aromatic heterocycles. The summed E-state index contributed by atoms with van der Waals surface area (Å²) < 4.78 is 34.1. The van der Waals surface area contributed by atoms with E-state index in [1.165, 1.54) is 12.4 Å². The number of oxazole rings is 1. The number of pyridine rings is 2. The Hall–Kier alpha value is -3.39. The minimum Gasteiger partial charge on any atom is -0.436 e. The molecule has 4 heterocycles. The van der Waals surface area contributed by atoms with Gasteiger partial charge in [-0.1, -0.05) is 0 Å². The number of rotatable bonds is 3. The number of morpholine rings is 1. The summed E-state index contributed by atoms with van der Waals surface area (Å²) in [5.41, 5.74) is 8.93. The first-order chi connectivity index (χ1) is 15.3. The fourth-order valence-corrected chi connectivity index (χ4v) is 3.70. The van der Waals surface area contributed by atoms with Gasteiger partial charge in [0.2, 0.25) is 5.89 Å². The van der Waals surface area contributed by atoms with Crippen LogP contribution in [0, 0.1) is 0 Å². The van der Waals surface area contributed by atoms with Crippen LogP contribution < -0.4 is 16.0 Å². The highest BCUT2D eigenvalue weighted by Gasteiger charge is 2.19. The lowest BCUT2D eigenvalue weighted by Gasteiger charge is -2.32. The van der Waals surface area contributed by atoms with Crippen LogP contribution in [-0.2, 0) is 4.74 Å². The van der Waals surface area contributed by atoms with Gasteiger partial charge < -0.3 is 25.1 Å². The second kappa shape index (κ2) is 6.89. The molecule has 29 heavy (non-hydrogen) atoms. The van der Waals surface area contributed by atoms with E-state index < -0.39 is 6.98 Å². The van der Waals surface area contributed by atoms with Gasteiger partial charge in [-0.25, -0.2) is 15.0 Å². The van der Waals surface area contributed by atoms with Crippen molar-refractivity contribution in [2.24, 2.45) is 0 Å². The summed E-state index contributed by atoms with van der Waals surface area (Å²) >= 11 is 0. The maximum absolute atomic E-state index is 7.49. The summed E-state index contributed by atoms with van der Waals surface area (Å²) in [6, 6.07) is 7.57. The molecule has 8 heteroatoms. The van der Waals surface area contributed by atoms with E-state index in [9.17, 15) is 0 Å². The Morgan fingerprint density at radius 1 is 1.24 bits per heavy atom. The van der Waals surface area contributed by atoms with Crippen molar-refractivity contribution in [1.29, 1.82) is 0 Å². The highest BCUT2D eigenvalue weighted by molar-refractivity contribution is 6.01. The number of nitrogens with one attached hydrogen (secondary N) is 1. The molecule has 1 aliphatic heterocycles. The standard InChI is InChI=1S/C21H22N6O2/c1-12-11-27(5-6-28-12)13-3-4-18-17(7-13)26-21(29-18)16-10-25-20(23-2)15-9-24-19(22)8-14(15)16/h3-4,7-10,12H,5-6,11H2,1-2H3,(H2,22,24)(H,23,25)/t12-/m0/s1/i2D3. The predicted molar refractivity (Wildman–Crippen MR) is 114 cm³/mol. The largest absolute Gasteiger partial charge is 0.436 e. The molecular weight excluding hydrogens is 368 g/mol. The van der Waals surface area contributed by atoms with E-state index in [1.54, 1.807) is 6.07 Å². The predicted octanol–water partition coefficient (Wildman–Crippen LogP) is 3.29. The van der Waals surface area contributed by atoms with Gasteiger partial charge in [0.1, 0.15) is 17.2 Å². The van der Waals surface area contributed by atoms with Gasteiger partial charge in [-0.15, -0.1) is 0 Å². The summed E-state index contributed by atoms with van der Waals surface area (Å²) in [5, 5.41) is 3.60. The summed E-state index contributed by atoms with van der Waals surface area (Å²) in [6.45, 7) is 1.98. The molecule has 0 saturated carbocycles. The van der Waals surface area contributed by atoms with E-state index in [0.29, 0.717) is 40.2 Å². The van der Waals surface area contributed by atoms with Gasteiger partial charge in [-0.05, 0) is 31.2 Å².